The van der Waals surface area contributed by atoms with E-state index in [1.54, 1.807) is 0 Å². The third-order valence-electron chi connectivity index (χ3n) is 4.63. The number of likely N-dealkylation sites (N-methyl/N-ethyl adjacent to an activating group) is 2. The Morgan fingerprint density at radius 1 is 1.38 bits per heavy atom. The maximum absolute atomic E-state index is 3.62. The molecule has 2 rings (SSSR count). The standard InChI is InChI=1S/C18H31N3/c1-5-12-19-15(2)17-10-6-7-11-18(17)21(4)16-9-8-13-20(3)14-16/h6-7,10-11,15-16,19H,5,8-9,12-14H2,1-4H3. The van der Waals surface area contributed by atoms with E-state index in [2.05, 4.69) is 67.3 Å². The molecule has 1 aliphatic heterocycles. The highest BCUT2D eigenvalue weighted by Gasteiger charge is 2.23. The maximum Gasteiger partial charge on any atom is 0.0414 e. The van der Waals surface area contributed by atoms with Gasteiger partial charge in [0.25, 0.3) is 0 Å². The molecule has 2 unspecified atom stereocenters. The number of para-hydroxylation sites is 1. The summed E-state index contributed by atoms with van der Waals surface area (Å²) < 4.78 is 0. The lowest BCUT2D eigenvalue weighted by Gasteiger charge is -2.38. The summed E-state index contributed by atoms with van der Waals surface area (Å²) >= 11 is 0. The average molecular weight is 289 g/mol. The third-order valence-corrected chi connectivity index (χ3v) is 4.63. The van der Waals surface area contributed by atoms with Crippen LogP contribution >= 0.6 is 0 Å². The van der Waals surface area contributed by atoms with E-state index in [-0.39, 0.29) is 0 Å². The van der Waals surface area contributed by atoms with Crippen LogP contribution in [0.5, 0.6) is 0 Å². The maximum atomic E-state index is 3.62. The van der Waals surface area contributed by atoms with Crippen molar-refractivity contribution in [2.45, 2.75) is 45.2 Å². The first kappa shape index (κ1) is 16.3. The third kappa shape index (κ3) is 4.21. The quantitative estimate of drug-likeness (QED) is 0.867. The van der Waals surface area contributed by atoms with Crippen molar-refractivity contribution < 1.29 is 0 Å². The number of rotatable bonds is 6. The Morgan fingerprint density at radius 2 is 2.14 bits per heavy atom. The number of nitrogens with zero attached hydrogens (tertiary/aromatic N) is 2. The number of nitrogens with one attached hydrogen (secondary N) is 1. The van der Waals surface area contributed by atoms with Crippen LogP contribution in [0.3, 0.4) is 0 Å². The fourth-order valence-electron chi connectivity index (χ4n) is 3.30. The van der Waals surface area contributed by atoms with Crippen LogP contribution in [0.25, 0.3) is 0 Å². The Morgan fingerprint density at radius 3 is 2.86 bits per heavy atom. The van der Waals surface area contributed by atoms with E-state index in [0.29, 0.717) is 12.1 Å². The predicted octanol–water partition coefficient (Wildman–Crippen LogP) is 3.28. The van der Waals surface area contributed by atoms with Crippen molar-refractivity contribution in [3.05, 3.63) is 29.8 Å². The Hall–Kier alpha value is -1.06. The van der Waals surface area contributed by atoms with Crippen molar-refractivity contribution in [2.75, 3.05) is 38.6 Å². The molecule has 1 aliphatic rings. The first-order valence-electron chi connectivity index (χ1n) is 8.37. The lowest BCUT2D eigenvalue weighted by atomic mass is 10.0. The first-order chi connectivity index (χ1) is 10.1. The highest BCUT2D eigenvalue weighted by molar-refractivity contribution is 5.55. The molecule has 1 N–H and O–H groups in total. The van der Waals surface area contributed by atoms with E-state index in [9.17, 15) is 0 Å². The molecule has 1 heterocycles. The van der Waals surface area contributed by atoms with Crippen LogP contribution in [0.2, 0.25) is 0 Å². The second-order valence-electron chi connectivity index (χ2n) is 6.40. The van der Waals surface area contributed by atoms with Gasteiger partial charge in [-0.1, -0.05) is 25.1 Å². The zero-order valence-electron chi connectivity index (χ0n) is 14.1. The molecule has 0 aliphatic carbocycles. The minimum absolute atomic E-state index is 0.407. The molecule has 1 saturated heterocycles. The largest absolute Gasteiger partial charge is 0.370 e. The van der Waals surface area contributed by atoms with E-state index in [1.807, 2.05) is 0 Å². The first-order valence-corrected chi connectivity index (χ1v) is 8.37. The second kappa shape index (κ2) is 7.81. The molecule has 1 fully saturated rings. The predicted molar refractivity (Wildman–Crippen MR) is 92.1 cm³/mol. The molecule has 21 heavy (non-hydrogen) atoms. The highest BCUT2D eigenvalue weighted by Crippen LogP contribution is 2.28. The van der Waals surface area contributed by atoms with Gasteiger partial charge in [0.15, 0.2) is 0 Å². The van der Waals surface area contributed by atoms with Crippen LogP contribution in [0, 0.1) is 0 Å². The summed E-state index contributed by atoms with van der Waals surface area (Å²) in [6.07, 6.45) is 3.78. The summed E-state index contributed by atoms with van der Waals surface area (Å²) in [6.45, 7) is 7.97. The SMILES string of the molecule is CCCNC(C)c1ccccc1N(C)C1CCCN(C)C1. The Labute approximate surface area is 130 Å². The summed E-state index contributed by atoms with van der Waals surface area (Å²) in [5.41, 5.74) is 2.80. The molecule has 1 aromatic rings. The van der Waals surface area contributed by atoms with Crippen molar-refractivity contribution >= 4 is 5.69 Å². The summed E-state index contributed by atoms with van der Waals surface area (Å²) in [5.74, 6) is 0. The van der Waals surface area contributed by atoms with Crippen LogP contribution in [0.1, 0.15) is 44.7 Å². The molecular formula is C18H31N3. The van der Waals surface area contributed by atoms with Gasteiger partial charge < -0.3 is 15.1 Å². The molecule has 0 radical (unpaired) electrons. The normalized spacial score (nSPS) is 21.2. The number of anilines is 1. The van der Waals surface area contributed by atoms with Crippen LogP contribution < -0.4 is 10.2 Å². The summed E-state index contributed by atoms with van der Waals surface area (Å²) in [5, 5.41) is 3.62. The molecular weight excluding hydrogens is 258 g/mol. The summed E-state index contributed by atoms with van der Waals surface area (Å²) in [4.78, 5) is 4.95. The van der Waals surface area contributed by atoms with Crippen molar-refractivity contribution in [1.82, 2.24) is 10.2 Å². The molecule has 0 spiro atoms. The number of hydrogen-bond donors (Lipinski definition) is 1. The van der Waals surface area contributed by atoms with Gasteiger partial charge in [0.1, 0.15) is 0 Å². The van der Waals surface area contributed by atoms with Gasteiger partial charge in [-0.2, -0.15) is 0 Å². The molecule has 0 amide bonds. The Kier molecular flexibility index (Phi) is 6.07. The van der Waals surface area contributed by atoms with Gasteiger partial charge in [0.2, 0.25) is 0 Å². The van der Waals surface area contributed by atoms with E-state index in [1.165, 1.54) is 43.6 Å². The van der Waals surface area contributed by atoms with E-state index < -0.39 is 0 Å². The van der Waals surface area contributed by atoms with Gasteiger partial charge in [-0.3, -0.25) is 0 Å². The molecule has 0 bridgehead atoms. The molecule has 3 nitrogen and oxygen atoms in total. The van der Waals surface area contributed by atoms with E-state index in [0.717, 1.165) is 6.54 Å². The van der Waals surface area contributed by atoms with Crippen LogP contribution in [-0.2, 0) is 0 Å². The van der Waals surface area contributed by atoms with E-state index >= 15 is 0 Å². The number of benzene rings is 1. The highest BCUT2D eigenvalue weighted by atomic mass is 15.2. The van der Waals surface area contributed by atoms with Crippen molar-refractivity contribution in [2.24, 2.45) is 0 Å². The minimum atomic E-state index is 0.407. The minimum Gasteiger partial charge on any atom is -0.370 e. The van der Waals surface area contributed by atoms with Crippen LogP contribution in [0.15, 0.2) is 24.3 Å². The molecule has 1 aromatic carbocycles. The number of likely N-dealkylation sites (tertiary alicyclic amines) is 1. The average Bonchev–Trinajstić information content (AvgIpc) is 2.52. The Balaban J connectivity index is 2.14. The molecule has 0 saturated carbocycles. The van der Waals surface area contributed by atoms with Crippen LogP contribution in [0.4, 0.5) is 5.69 Å². The summed E-state index contributed by atoms with van der Waals surface area (Å²) in [7, 11) is 4.49. The molecule has 2 atom stereocenters. The van der Waals surface area contributed by atoms with Gasteiger partial charge in [-0.25, -0.2) is 0 Å². The smallest absolute Gasteiger partial charge is 0.0414 e. The summed E-state index contributed by atoms with van der Waals surface area (Å²) in [6, 6.07) is 9.89. The fourth-order valence-corrected chi connectivity index (χ4v) is 3.30. The van der Waals surface area contributed by atoms with Crippen molar-refractivity contribution in [3.63, 3.8) is 0 Å². The van der Waals surface area contributed by atoms with Gasteiger partial charge in [0.05, 0.1) is 0 Å². The fraction of sp³-hybridized carbons (Fsp3) is 0.667. The lowest BCUT2D eigenvalue weighted by Crippen LogP contribution is -2.45. The van der Waals surface area contributed by atoms with Gasteiger partial charge in [0, 0.05) is 31.4 Å². The van der Waals surface area contributed by atoms with Gasteiger partial charge in [-0.15, -0.1) is 0 Å². The number of hydrogen-bond acceptors (Lipinski definition) is 3. The molecule has 0 aromatic heterocycles. The zero-order chi connectivity index (χ0) is 15.2. The van der Waals surface area contributed by atoms with Gasteiger partial charge >= 0.3 is 0 Å². The molecule has 118 valence electrons. The van der Waals surface area contributed by atoms with Crippen molar-refractivity contribution in [3.8, 4) is 0 Å². The number of piperidine rings is 1. The van der Waals surface area contributed by atoms with Gasteiger partial charge in [-0.05, 0) is 58.0 Å². The lowest BCUT2D eigenvalue weighted by molar-refractivity contribution is 0.247. The van der Waals surface area contributed by atoms with E-state index in [4.69, 9.17) is 0 Å². The topological polar surface area (TPSA) is 18.5 Å². The zero-order valence-corrected chi connectivity index (χ0v) is 14.1. The van der Waals surface area contributed by atoms with Crippen LogP contribution in [-0.4, -0.2) is 44.7 Å². The monoisotopic (exact) mass is 289 g/mol. The van der Waals surface area contributed by atoms with Crippen molar-refractivity contribution in [1.29, 1.82) is 0 Å². The molecule has 3 heteroatoms. The Bertz CT molecular complexity index is 432. The second-order valence-corrected chi connectivity index (χ2v) is 6.40.